The molecule has 0 unspecified atom stereocenters. The molecular weight excluding hydrogens is 270 g/mol. The van der Waals surface area contributed by atoms with Crippen molar-refractivity contribution < 1.29 is 4.79 Å². The van der Waals surface area contributed by atoms with Crippen molar-refractivity contribution in [1.29, 1.82) is 0 Å². The van der Waals surface area contributed by atoms with Gasteiger partial charge in [-0.25, -0.2) is 4.98 Å². The van der Waals surface area contributed by atoms with E-state index in [4.69, 9.17) is 0 Å². The molecule has 0 bridgehead atoms. The zero-order chi connectivity index (χ0) is 11.5. The van der Waals surface area contributed by atoms with E-state index in [2.05, 4.69) is 26.2 Å². The van der Waals surface area contributed by atoms with Crippen molar-refractivity contribution in [2.75, 3.05) is 5.32 Å². The van der Waals surface area contributed by atoms with E-state index >= 15 is 0 Å². The molecule has 0 fully saturated rings. The third-order valence-corrected chi connectivity index (χ3v) is 2.86. The Bertz CT molecular complexity index is 521. The van der Waals surface area contributed by atoms with Crippen molar-refractivity contribution in [3.8, 4) is 0 Å². The maximum absolute atomic E-state index is 11.9. The molecule has 82 valence electrons. The monoisotopic (exact) mass is 279 g/mol. The number of benzene rings is 1. The number of anilines is 1. The number of rotatable bonds is 2. The van der Waals surface area contributed by atoms with E-state index < -0.39 is 0 Å². The quantitative estimate of drug-likeness (QED) is 0.918. The lowest BCUT2D eigenvalue weighted by atomic mass is 10.3. The Kier molecular flexibility index (Phi) is 3.05. The van der Waals surface area contributed by atoms with Gasteiger partial charge in [0.25, 0.3) is 5.91 Å². The van der Waals surface area contributed by atoms with Gasteiger partial charge in [-0.05, 0) is 28.1 Å². The van der Waals surface area contributed by atoms with Gasteiger partial charge in [-0.2, -0.15) is 0 Å². The lowest BCUT2D eigenvalue weighted by Gasteiger charge is -2.06. The van der Waals surface area contributed by atoms with Crippen LogP contribution in [-0.4, -0.2) is 15.5 Å². The molecule has 0 atom stereocenters. The predicted molar refractivity (Wildman–Crippen MR) is 65.3 cm³/mol. The van der Waals surface area contributed by atoms with Crippen molar-refractivity contribution in [2.45, 2.75) is 0 Å². The zero-order valence-electron chi connectivity index (χ0n) is 8.64. The van der Waals surface area contributed by atoms with Gasteiger partial charge in [-0.1, -0.05) is 12.1 Å². The number of imidazole rings is 1. The first-order valence-electron chi connectivity index (χ1n) is 4.70. The number of carbonyl (C=O) groups is 1. The Balaban J connectivity index is 2.21. The minimum atomic E-state index is -0.174. The second-order valence-electron chi connectivity index (χ2n) is 3.32. The average Bonchev–Trinajstić information content (AvgIpc) is 2.68. The Labute approximate surface area is 101 Å². The van der Waals surface area contributed by atoms with Crippen LogP contribution in [0.4, 0.5) is 5.69 Å². The number of amides is 1. The molecule has 0 radical (unpaired) electrons. The van der Waals surface area contributed by atoms with Gasteiger partial charge in [0.1, 0.15) is 5.69 Å². The van der Waals surface area contributed by atoms with Crippen LogP contribution in [0.1, 0.15) is 10.5 Å². The number of para-hydroxylation sites is 1. The van der Waals surface area contributed by atoms with E-state index in [9.17, 15) is 4.79 Å². The highest BCUT2D eigenvalue weighted by atomic mass is 79.9. The number of nitrogens with zero attached hydrogens (tertiary/aromatic N) is 2. The maximum Gasteiger partial charge on any atom is 0.273 e. The zero-order valence-corrected chi connectivity index (χ0v) is 10.2. The van der Waals surface area contributed by atoms with E-state index in [1.807, 2.05) is 24.3 Å². The van der Waals surface area contributed by atoms with Crippen molar-refractivity contribution in [2.24, 2.45) is 7.05 Å². The summed E-state index contributed by atoms with van der Waals surface area (Å²) in [4.78, 5) is 15.8. The van der Waals surface area contributed by atoms with Crippen LogP contribution in [-0.2, 0) is 7.05 Å². The molecule has 1 aromatic carbocycles. The highest BCUT2D eigenvalue weighted by molar-refractivity contribution is 9.10. The Morgan fingerprint density at radius 3 is 2.81 bits per heavy atom. The summed E-state index contributed by atoms with van der Waals surface area (Å²) < 4.78 is 2.53. The van der Waals surface area contributed by atoms with Crippen molar-refractivity contribution >= 4 is 27.5 Å². The number of aryl methyl sites for hydroxylation is 1. The topological polar surface area (TPSA) is 46.9 Å². The highest BCUT2D eigenvalue weighted by Crippen LogP contribution is 2.21. The lowest BCUT2D eigenvalue weighted by molar-refractivity contribution is 0.101. The molecule has 1 amide bonds. The number of nitrogens with one attached hydrogen (secondary N) is 1. The molecule has 1 N–H and O–H groups in total. The Morgan fingerprint density at radius 2 is 2.19 bits per heavy atom. The maximum atomic E-state index is 11.9. The van der Waals surface area contributed by atoms with Crippen LogP contribution in [0.3, 0.4) is 0 Å². The molecule has 0 aliphatic heterocycles. The first-order valence-corrected chi connectivity index (χ1v) is 5.50. The van der Waals surface area contributed by atoms with Crippen LogP contribution in [0.15, 0.2) is 41.3 Å². The minimum Gasteiger partial charge on any atom is -0.330 e. The van der Waals surface area contributed by atoms with Crippen LogP contribution in [0.2, 0.25) is 0 Å². The molecule has 0 saturated carbocycles. The van der Waals surface area contributed by atoms with Crippen LogP contribution < -0.4 is 5.32 Å². The fourth-order valence-electron chi connectivity index (χ4n) is 1.32. The number of hydrogen-bond acceptors (Lipinski definition) is 2. The second-order valence-corrected chi connectivity index (χ2v) is 4.18. The number of halogens is 1. The Morgan fingerprint density at radius 1 is 1.44 bits per heavy atom. The first-order chi connectivity index (χ1) is 7.68. The third kappa shape index (κ3) is 2.14. The van der Waals surface area contributed by atoms with Crippen molar-refractivity contribution in [3.05, 3.63) is 47.0 Å². The largest absolute Gasteiger partial charge is 0.330 e. The molecule has 4 nitrogen and oxygen atoms in total. The van der Waals surface area contributed by atoms with Gasteiger partial charge in [0.2, 0.25) is 0 Å². The minimum absolute atomic E-state index is 0.174. The summed E-state index contributed by atoms with van der Waals surface area (Å²) >= 11 is 3.37. The van der Waals surface area contributed by atoms with E-state index in [1.165, 1.54) is 6.20 Å². The van der Waals surface area contributed by atoms with Gasteiger partial charge < -0.3 is 9.88 Å². The first kappa shape index (κ1) is 10.9. The molecular formula is C11H10BrN3O. The summed E-state index contributed by atoms with van der Waals surface area (Å²) in [7, 11) is 1.78. The molecule has 0 aliphatic rings. The van der Waals surface area contributed by atoms with Gasteiger partial charge in [0.15, 0.2) is 0 Å². The molecule has 1 aromatic heterocycles. The molecule has 0 spiro atoms. The molecule has 2 aromatic rings. The van der Waals surface area contributed by atoms with Crippen molar-refractivity contribution in [3.63, 3.8) is 0 Å². The molecule has 16 heavy (non-hydrogen) atoms. The number of hydrogen-bond donors (Lipinski definition) is 1. The van der Waals surface area contributed by atoms with Crippen LogP contribution in [0, 0.1) is 0 Å². The fourth-order valence-corrected chi connectivity index (χ4v) is 1.71. The molecule has 0 saturated heterocycles. The number of carbonyl (C=O) groups excluding carboxylic acids is 1. The van der Waals surface area contributed by atoms with E-state index in [0.717, 1.165) is 10.2 Å². The van der Waals surface area contributed by atoms with Crippen LogP contribution >= 0.6 is 15.9 Å². The van der Waals surface area contributed by atoms with Gasteiger partial charge >= 0.3 is 0 Å². The summed E-state index contributed by atoms with van der Waals surface area (Å²) in [6.45, 7) is 0. The predicted octanol–water partition coefficient (Wildman–Crippen LogP) is 2.43. The molecule has 1 heterocycles. The summed E-state index contributed by atoms with van der Waals surface area (Å²) in [5.74, 6) is -0.174. The Hall–Kier alpha value is -1.62. The smallest absolute Gasteiger partial charge is 0.273 e. The molecule has 0 aliphatic carbocycles. The van der Waals surface area contributed by atoms with Crippen LogP contribution in [0.5, 0.6) is 0 Å². The average molecular weight is 280 g/mol. The van der Waals surface area contributed by atoms with E-state index in [0.29, 0.717) is 5.69 Å². The lowest BCUT2D eigenvalue weighted by Crippen LogP contribution is -2.15. The standard InChI is InChI=1S/C11H10BrN3O/c1-15-7-13-6-10(15)11(16)14-9-5-3-2-4-8(9)12/h2-7H,1H3,(H,14,16). The summed E-state index contributed by atoms with van der Waals surface area (Å²) in [5, 5.41) is 2.81. The fraction of sp³-hybridized carbons (Fsp3) is 0.0909. The molecule has 2 rings (SSSR count). The molecule has 5 heteroatoms. The van der Waals surface area contributed by atoms with E-state index in [-0.39, 0.29) is 5.91 Å². The SMILES string of the molecule is Cn1cncc1C(=O)Nc1ccccc1Br. The van der Waals surface area contributed by atoms with E-state index in [1.54, 1.807) is 17.9 Å². The normalized spacial score (nSPS) is 10.1. The summed E-state index contributed by atoms with van der Waals surface area (Å²) in [6, 6.07) is 7.46. The van der Waals surface area contributed by atoms with Gasteiger partial charge in [-0.3, -0.25) is 4.79 Å². The van der Waals surface area contributed by atoms with Crippen molar-refractivity contribution in [1.82, 2.24) is 9.55 Å². The summed E-state index contributed by atoms with van der Waals surface area (Å²) in [5.41, 5.74) is 1.27. The van der Waals surface area contributed by atoms with Gasteiger partial charge in [0, 0.05) is 11.5 Å². The highest BCUT2D eigenvalue weighted by Gasteiger charge is 2.10. The number of aromatic nitrogens is 2. The van der Waals surface area contributed by atoms with Gasteiger partial charge in [0.05, 0.1) is 18.2 Å². The third-order valence-electron chi connectivity index (χ3n) is 2.17. The van der Waals surface area contributed by atoms with Crippen LogP contribution in [0.25, 0.3) is 0 Å². The summed E-state index contributed by atoms with van der Waals surface area (Å²) in [6.07, 6.45) is 3.13. The second kappa shape index (κ2) is 4.49. The van der Waals surface area contributed by atoms with Gasteiger partial charge in [-0.15, -0.1) is 0 Å².